The van der Waals surface area contributed by atoms with E-state index in [0.717, 1.165) is 25.2 Å². The Morgan fingerprint density at radius 1 is 1.33 bits per heavy atom. The number of nitrogens with zero attached hydrogens (tertiary/aromatic N) is 3. The molecule has 0 saturated heterocycles. The zero-order valence-corrected chi connectivity index (χ0v) is 12.5. The predicted octanol–water partition coefficient (Wildman–Crippen LogP) is 2.17. The summed E-state index contributed by atoms with van der Waals surface area (Å²) in [5.74, 6) is 0. The molecule has 1 aromatic heterocycles. The maximum atomic E-state index is 9.02. The number of hydrogen-bond donors (Lipinski definition) is 1. The van der Waals surface area contributed by atoms with Gasteiger partial charge in [0.15, 0.2) is 0 Å². The van der Waals surface area contributed by atoms with Crippen molar-refractivity contribution in [1.29, 1.82) is 5.26 Å². The summed E-state index contributed by atoms with van der Waals surface area (Å²) in [7, 11) is 4.06. The molecule has 0 saturated carbocycles. The van der Waals surface area contributed by atoms with Crippen LogP contribution in [0.5, 0.6) is 0 Å². The fraction of sp³-hybridized carbons (Fsp3) is 0.353. The van der Waals surface area contributed by atoms with Crippen molar-refractivity contribution in [3.63, 3.8) is 0 Å². The van der Waals surface area contributed by atoms with Crippen LogP contribution in [0.1, 0.15) is 28.4 Å². The van der Waals surface area contributed by atoms with Crippen LogP contribution >= 0.6 is 0 Å². The van der Waals surface area contributed by atoms with E-state index in [0.29, 0.717) is 11.7 Å². The summed E-state index contributed by atoms with van der Waals surface area (Å²) < 4.78 is 1.87. The molecule has 4 heteroatoms. The third kappa shape index (κ3) is 2.85. The molecule has 4 nitrogen and oxygen atoms in total. The number of rotatable bonds is 3. The molecule has 21 heavy (non-hydrogen) atoms. The van der Waals surface area contributed by atoms with Crippen LogP contribution in [0.25, 0.3) is 0 Å². The quantitative estimate of drug-likeness (QED) is 0.937. The number of hydrogen-bond acceptors (Lipinski definition) is 3. The Labute approximate surface area is 125 Å². The molecule has 2 heterocycles. The normalized spacial score (nSPS) is 18.2. The number of aromatic nitrogens is 1. The molecule has 3 rings (SSSR count). The second-order valence-corrected chi connectivity index (χ2v) is 5.79. The van der Waals surface area contributed by atoms with E-state index in [1.54, 1.807) is 0 Å². The van der Waals surface area contributed by atoms with Crippen molar-refractivity contribution in [2.75, 3.05) is 13.6 Å². The van der Waals surface area contributed by atoms with Crippen LogP contribution in [-0.4, -0.2) is 23.1 Å². The van der Waals surface area contributed by atoms with Crippen molar-refractivity contribution >= 4 is 0 Å². The van der Waals surface area contributed by atoms with Gasteiger partial charge in [0, 0.05) is 38.9 Å². The van der Waals surface area contributed by atoms with E-state index in [1.165, 1.54) is 11.1 Å². The van der Waals surface area contributed by atoms with Crippen molar-refractivity contribution in [3.05, 3.63) is 58.9 Å². The Balaban J connectivity index is 1.74. The van der Waals surface area contributed by atoms with Gasteiger partial charge in [0.05, 0.1) is 0 Å². The van der Waals surface area contributed by atoms with Crippen LogP contribution in [0.2, 0.25) is 0 Å². The van der Waals surface area contributed by atoms with E-state index in [4.69, 9.17) is 5.26 Å². The monoisotopic (exact) mass is 280 g/mol. The van der Waals surface area contributed by atoms with Crippen molar-refractivity contribution < 1.29 is 0 Å². The average Bonchev–Trinajstić information content (AvgIpc) is 2.84. The molecule has 1 atom stereocenters. The second-order valence-electron chi connectivity index (χ2n) is 5.79. The Kier molecular flexibility index (Phi) is 3.78. The van der Waals surface area contributed by atoms with Gasteiger partial charge in [-0.1, -0.05) is 24.3 Å². The Morgan fingerprint density at radius 2 is 2.14 bits per heavy atom. The standard InChI is InChI=1S/C17H20N4/c1-20-11-14-5-3-4-6-16(14)17(12-20)19-9-13-7-15(8-18)21(2)10-13/h3-7,10,17,19H,9,11-12H2,1-2H3. The highest BCUT2D eigenvalue weighted by Crippen LogP contribution is 2.25. The van der Waals surface area contributed by atoms with Gasteiger partial charge < -0.3 is 14.8 Å². The van der Waals surface area contributed by atoms with Gasteiger partial charge in [0.2, 0.25) is 0 Å². The molecule has 0 spiro atoms. The van der Waals surface area contributed by atoms with Gasteiger partial charge >= 0.3 is 0 Å². The highest BCUT2D eigenvalue weighted by atomic mass is 15.1. The van der Waals surface area contributed by atoms with Crippen LogP contribution in [0, 0.1) is 11.3 Å². The van der Waals surface area contributed by atoms with E-state index < -0.39 is 0 Å². The molecule has 0 radical (unpaired) electrons. The third-order valence-electron chi connectivity index (χ3n) is 4.09. The Hall–Kier alpha value is -2.09. The molecule has 1 aliphatic rings. The van der Waals surface area contributed by atoms with Crippen LogP contribution in [0.15, 0.2) is 36.5 Å². The number of aryl methyl sites for hydroxylation is 1. The first-order valence-corrected chi connectivity index (χ1v) is 7.22. The summed E-state index contributed by atoms with van der Waals surface area (Å²) >= 11 is 0. The molecular formula is C17H20N4. The molecule has 0 amide bonds. The molecule has 0 fully saturated rings. The lowest BCUT2D eigenvalue weighted by molar-refractivity contribution is 0.259. The largest absolute Gasteiger partial charge is 0.342 e. The van der Waals surface area contributed by atoms with Crippen LogP contribution < -0.4 is 5.32 Å². The predicted molar refractivity (Wildman–Crippen MR) is 82.5 cm³/mol. The maximum Gasteiger partial charge on any atom is 0.120 e. The van der Waals surface area contributed by atoms with Gasteiger partial charge in [-0.25, -0.2) is 0 Å². The third-order valence-corrected chi connectivity index (χ3v) is 4.09. The average molecular weight is 280 g/mol. The lowest BCUT2D eigenvalue weighted by atomic mass is 9.95. The summed E-state index contributed by atoms with van der Waals surface area (Å²) in [5.41, 5.74) is 4.65. The second kappa shape index (κ2) is 5.72. The summed E-state index contributed by atoms with van der Waals surface area (Å²) in [4.78, 5) is 2.34. The van der Waals surface area contributed by atoms with Crippen LogP contribution in [0.4, 0.5) is 0 Å². The van der Waals surface area contributed by atoms with E-state index in [1.807, 2.05) is 23.9 Å². The molecule has 1 aliphatic heterocycles. The van der Waals surface area contributed by atoms with E-state index in [-0.39, 0.29) is 0 Å². The molecular weight excluding hydrogens is 260 g/mol. The molecule has 1 unspecified atom stereocenters. The SMILES string of the molecule is CN1Cc2ccccc2C(NCc2cc(C#N)n(C)c2)C1. The molecule has 1 aromatic carbocycles. The van der Waals surface area contributed by atoms with Crippen LogP contribution in [-0.2, 0) is 20.1 Å². The maximum absolute atomic E-state index is 9.02. The van der Waals surface area contributed by atoms with Gasteiger partial charge in [-0.05, 0) is 29.8 Å². The number of likely N-dealkylation sites (N-methyl/N-ethyl adjacent to an activating group) is 1. The van der Waals surface area contributed by atoms with Crippen molar-refractivity contribution in [3.8, 4) is 6.07 Å². The lowest BCUT2D eigenvalue weighted by Crippen LogP contribution is -2.37. The van der Waals surface area contributed by atoms with Gasteiger partial charge in [-0.2, -0.15) is 5.26 Å². The topological polar surface area (TPSA) is 44.0 Å². The fourth-order valence-corrected chi connectivity index (χ4v) is 3.04. The smallest absolute Gasteiger partial charge is 0.120 e. The number of fused-ring (bicyclic) bond motifs is 1. The first kappa shape index (κ1) is 13.9. The van der Waals surface area contributed by atoms with E-state index >= 15 is 0 Å². The minimum Gasteiger partial charge on any atom is -0.342 e. The summed E-state index contributed by atoms with van der Waals surface area (Å²) in [6.45, 7) is 2.80. The number of nitrogens with one attached hydrogen (secondary N) is 1. The first-order chi connectivity index (χ1) is 10.2. The summed E-state index contributed by atoms with van der Waals surface area (Å²) in [6, 6.07) is 13.1. The Bertz CT molecular complexity index is 680. The zero-order chi connectivity index (χ0) is 14.8. The first-order valence-electron chi connectivity index (χ1n) is 7.22. The molecule has 1 N–H and O–H groups in total. The number of benzene rings is 1. The lowest BCUT2D eigenvalue weighted by Gasteiger charge is -2.32. The molecule has 2 aromatic rings. The van der Waals surface area contributed by atoms with Gasteiger partial charge in [-0.15, -0.1) is 0 Å². The molecule has 108 valence electrons. The van der Waals surface area contributed by atoms with Crippen molar-refractivity contribution in [1.82, 2.24) is 14.8 Å². The number of nitriles is 1. The zero-order valence-electron chi connectivity index (χ0n) is 12.5. The highest BCUT2D eigenvalue weighted by molar-refractivity contribution is 5.33. The molecule has 0 aliphatic carbocycles. The fourth-order valence-electron chi connectivity index (χ4n) is 3.04. The van der Waals surface area contributed by atoms with Crippen LogP contribution in [0.3, 0.4) is 0 Å². The minimum absolute atomic E-state index is 0.339. The van der Waals surface area contributed by atoms with E-state index in [2.05, 4.69) is 47.6 Å². The summed E-state index contributed by atoms with van der Waals surface area (Å²) in [6.07, 6.45) is 2.02. The van der Waals surface area contributed by atoms with E-state index in [9.17, 15) is 0 Å². The Morgan fingerprint density at radius 3 is 2.90 bits per heavy atom. The highest BCUT2D eigenvalue weighted by Gasteiger charge is 2.22. The van der Waals surface area contributed by atoms with Gasteiger partial charge in [0.25, 0.3) is 0 Å². The van der Waals surface area contributed by atoms with Crippen molar-refractivity contribution in [2.24, 2.45) is 7.05 Å². The van der Waals surface area contributed by atoms with Gasteiger partial charge in [0.1, 0.15) is 11.8 Å². The molecule has 0 bridgehead atoms. The summed E-state index contributed by atoms with van der Waals surface area (Å²) in [5, 5.41) is 12.6. The van der Waals surface area contributed by atoms with Gasteiger partial charge in [-0.3, -0.25) is 0 Å². The minimum atomic E-state index is 0.339. The van der Waals surface area contributed by atoms with Crippen molar-refractivity contribution in [2.45, 2.75) is 19.1 Å².